The van der Waals surface area contributed by atoms with E-state index in [1.807, 2.05) is 6.92 Å². The van der Waals surface area contributed by atoms with Gasteiger partial charge in [0.05, 0.1) is 36.8 Å². The second kappa shape index (κ2) is 12.6. The van der Waals surface area contributed by atoms with Crippen LogP contribution in [0.15, 0.2) is 0 Å². The molecule has 3 aliphatic carbocycles. The number of nitrogens with zero attached hydrogens (tertiary/aromatic N) is 1. The van der Waals surface area contributed by atoms with Gasteiger partial charge in [0.25, 0.3) is 0 Å². The maximum atomic E-state index is 14.2. The van der Waals surface area contributed by atoms with Gasteiger partial charge in [-0.3, -0.25) is 9.59 Å². The third-order valence-corrected chi connectivity index (χ3v) is 12.0. The van der Waals surface area contributed by atoms with E-state index in [-0.39, 0.29) is 30.1 Å². The molecule has 0 aromatic rings. The Bertz CT molecular complexity index is 896. The molecule has 3 saturated carbocycles. The predicted molar refractivity (Wildman–Crippen MR) is 151 cm³/mol. The Morgan fingerprint density at radius 2 is 1.82 bits per heavy atom. The number of nitrogens with two attached hydrogens (primary N) is 1. The molecule has 0 radical (unpaired) electrons. The fourth-order valence-electron chi connectivity index (χ4n) is 10.2. The van der Waals surface area contributed by atoms with E-state index in [9.17, 15) is 9.59 Å². The summed E-state index contributed by atoms with van der Waals surface area (Å²) in [4.78, 5) is 29.4. The number of methoxy groups -OCH3 is 2. The van der Waals surface area contributed by atoms with Crippen LogP contribution in [0.2, 0.25) is 0 Å². The molecule has 2 amide bonds. The lowest BCUT2D eigenvalue weighted by Gasteiger charge is -2.53. The molecule has 3 heterocycles. The fourth-order valence-corrected chi connectivity index (χ4v) is 10.2. The molecule has 40 heavy (non-hydrogen) atoms. The average molecular weight is 561 g/mol. The van der Waals surface area contributed by atoms with Crippen molar-refractivity contribution in [1.82, 2.24) is 10.2 Å². The lowest BCUT2D eigenvalue weighted by molar-refractivity contribution is -0.713. The Morgan fingerprint density at radius 1 is 1.00 bits per heavy atom. The van der Waals surface area contributed by atoms with Gasteiger partial charge in [-0.1, -0.05) is 32.1 Å². The minimum absolute atomic E-state index is 0.00596. The SMILES string of the molecule is COC1CCC2C3[NH2+]CCC4C5CC(OC(C)C(=O)NCCCC6CCCCC6)CCC5N(C(=O)C2C1OC)C43. The van der Waals surface area contributed by atoms with Crippen molar-refractivity contribution in [2.75, 3.05) is 27.3 Å². The van der Waals surface area contributed by atoms with Crippen LogP contribution in [-0.2, 0) is 23.8 Å². The fraction of sp³-hybridized carbons (Fsp3) is 0.938. The number of fused-ring (bicyclic) bond motifs is 5. The monoisotopic (exact) mass is 560 g/mol. The van der Waals surface area contributed by atoms with Crippen molar-refractivity contribution in [3.8, 4) is 0 Å². The maximum absolute atomic E-state index is 14.2. The maximum Gasteiger partial charge on any atom is 0.248 e. The summed E-state index contributed by atoms with van der Waals surface area (Å²) in [6.07, 6.45) is 14.7. The number of amides is 2. The molecule has 3 saturated heterocycles. The molecule has 8 heteroatoms. The van der Waals surface area contributed by atoms with Crippen molar-refractivity contribution in [1.29, 1.82) is 0 Å². The van der Waals surface area contributed by atoms with E-state index >= 15 is 0 Å². The molecule has 0 spiro atoms. The van der Waals surface area contributed by atoms with Gasteiger partial charge in [-0.2, -0.15) is 0 Å². The molecule has 3 N–H and O–H groups in total. The molecule has 8 nitrogen and oxygen atoms in total. The van der Waals surface area contributed by atoms with Crippen LogP contribution < -0.4 is 10.6 Å². The van der Waals surface area contributed by atoms with Crippen molar-refractivity contribution in [3.05, 3.63) is 0 Å². The first-order valence-electron chi connectivity index (χ1n) is 16.7. The van der Waals surface area contributed by atoms with Gasteiger partial charge in [0.15, 0.2) is 0 Å². The number of carbonyl (C=O) groups is 2. The lowest BCUT2D eigenvalue weighted by atomic mass is 9.64. The molecule has 6 rings (SSSR count). The van der Waals surface area contributed by atoms with Gasteiger partial charge in [0.2, 0.25) is 11.8 Å². The van der Waals surface area contributed by atoms with Crippen LogP contribution in [0.1, 0.15) is 90.4 Å². The van der Waals surface area contributed by atoms with Crippen LogP contribution in [0.25, 0.3) is 0 Å². The third-order valence-electron chi connectivity index (χ3n) is 12.0. The number of rotatable bonds is 9. The molecule has 0 aromatic heterocycles. The number of carbonyl (C=O) groups excluding carboxylic acids is 2. The molecule has 6 aliphatic rings. The summed E-state index contributed by atoms with van der Waals surface area (Å²) in [6.45, 7) is 3.81. The number of nitrogens with one attached hydrogen (secondary N) is 1. The van der Waals surface area contributed by atoms with Gasteiger partial charge in [0.1, 0.15) is 12.1 Å². The zero-order valence-electron chi connectivity index (χ0n) is 25.1. The average Bonchev–Trinajstić information content (AvgIpc) is 3.32. The Kier molecular flexibility index (Phi) is 9.07. The highest BCUT2D eigenvalue weighted by atomic mass is 16.5. The van der Waals surface area contributed by atoms with Crippen molar-refractivity contribution in [2.45, 2.75) is 133 Å². The summed E-state index contributed by atoms with van der Waals surface area (Å²) in [5.41, 5.74) is 0. The second-order valence-corrected chi connectivity index (χ2v) is 13.9. The minimum Gasteiger partial charge on any atom is -0.379 e. The largest absolute Gasteiger partial charge is 0.379 e. The third kappa shape index (κ3) is 5.35. The van der Waals surface area contributed by atoms with Gasteiger partial charge < -0.3 is 29.7 Å². The lowest BCUT2D eigenvalue weighted by Crippen LogP contribution is -2.99. The van der Waals surface area contributed by atoms with E-state index in [1.165, 1.54) is 44.9 Å². The number of piperidine rings is 2. The van der Waals surface area contributed by atoms with E-state index in [0.29, 0.717) is 41.8 Å². The van der Waals surface area contributed by atoms with E-state index < -0.39 is 6.10 Å². The number of quaternary nitrogens is 1. The minimum atomic E-state index is -0.425. The van der Waals surface area contributed by atoms with Crippen LogP contribution in [0, 0.1) is 29.6 Å². The van der Waals surface area contributed by atoms with Crippen LogP contribution >= 0.6 is 0 Å². The number of hydrogen-bond donors (Lipinski definition) is 2. The summed E-state index contributed by atoms with van der Waals surface area (Å²) < 4.78 is 18.2. The van der Waals surface area contributed by atoms with Gasteiger partial charge in [0, 0.05) is 39.1 Å². The molecule has 0 aromatic carbocycles. The number of hydrogen-bond acceptors (Lipinski definition) is 5. The van der Waals surface area contributed by atoms with Crippen LogP contribution in [0.5, 0.6) is 0 Å². The Hall–Kier alpha value is -1.22. The zero-order valence-corrected chi connectivity index (χ0v) is 25.1. The zero-order chi connectivity index (χ0) is 27.8. The van der Waals surface area contributed by atoms with Crippen LogP contribution in [0.4, 0.5) is 0 Å². The highest BCUT2D eigenvalue weighted by Crippen LogP contribution is 2.53. The Balaban J connectivity index is 1.06. The topological polar surface area (TPSA) is 93.7 Å². The first-order chi connectivity index (χ1) is 19.5. The van der Waals surface area contributed by atoms with Gasteiger partial charge in [-0.25, -0.2) is 0 Å². The Morgan fingerprint density at radius 3 is 2.60 bits per heavy atom. The molecule has 3 aliphatic heterocycles. The summed E-state index contributed by atoms with van der Waals surface area (Å²) in [6, 6.07) is 1.08. The molecule has 226 valence electrons. The second-order valence-electron chi connectivity index (χ2n) is 13.9. The quantitative estimate of drug-likeness (QED) is 0.423. The Labute approximate surface area is 241 Å². The molecular weight excluding hydrogens is 506 g/mol. The van der Waals surface area contributed by atoms with Crippen molar-refractivity contribution < 1.29 is 29.1 Å². The van der Waals surface area contributed by atoms with E-state index in [1.54, 1.807) is 14.2 Å². The van der Waals surface area contributed by atoms with E-state index in [0.717, 1.165) is 57.5 Å². The van der Waals surface area contributed by atoms with Gasteiger partial charge >= 0.3 is 0 Å². The molecule has 0 bridgehead atoms. The van der Waals surface area contributed by atoms with Crippen molar-refractivity contribution in [3.63, 3.8) is 0 Å². The van der Waals surface area contributed by atoms with E-state index in [4.69, 9.17) is 14.2 Å². The molecule has 6 fully saturated rings. The molecule has 11 unspecified atom stereocenters. The molecular formula is C32H54N3O5+. The predicted octanol–water partition coefficient (Wildman–Crippen LogP) is 2.64. The normalized spacial score (nSPS) is 42.1. The highest BCUT2D eigenvalue weighted by molar-refractivity contribution is 5.82. The summed E-state index contributed by atoms with van der Waals surface area (Å²) >= 11 is 0. The van der Waals surface area contributed by atoms with Crippen LogP contribution in [-0.4, -0.2) is 86.6 Å². The van der Waals surface area contributed by atoms with Crippen molar-refractivity contribution >= 4 is 11.8 Å². The highest BCUT2D eigenvalue weighted by Gasteiger charge is 2.66. The number of ether oxygens (including phenoxy) is 3. The van der Waals surface area contributed by atoms with Gasteiger partial charge in [-0.05, 0) is 69.6 Å². The first kappa shape index (κ1) is 28.9. The van der Waals surface area contributed by atoms with E-state index in [2.05, 4.69) is 15.5 Å². The summed E-state index contributed by atoms with van der Waals surface area (Å²) in [5, 5.41) is 5.69. The van der Waals surface area contributed by atoms with Crippen molar-refractivity contribution in [2.24, 2.45) is 29.6 Å². The smallest absolute Gasteiger partial charge is 0.248 e. The molecule has 11 atom stereocenters. The summed E-state index contributed by atoms with van der Waals surface area (Å²) in [7, 11) is 3.50. The standard InChI is InChI=1S/C32H53N3O5/c1-19(31(36)34-16-7-10-20-8-5-4-6-9-20)40-21-11-13-25-24(18-21)22-15-17-33-28-23-12-14-26(38-2)30(39-3)27(23)32(37)35(25)29(22)28/h19-30,33H,4-18H2,1-3H3,(H,34,36)/p+1. The first-order valence-corrected chi connectivity index (χ1v) is 16.7. The summed E-state index contributed by atoms with van der Waals surface area (Å²) in [5.74, 6) is 2.47. The van der Waals surface area contributed by atoms with Crippen LogP contribution in [0.3, 0.4) is 0 Å². The van der Waals surface area contributed by atoms with Gasteiger partial charge in [-0.15, -0.1) is 0 Å².